The third-order valence-corrected chi connectivity index (χ3v) is 4.53. The Labute approximate surface area is 121 Å². The molecule has 2 N–H and O–H groups in total. The summed E-state index contributed by atoms with van der Waals surface area (Å²) in [5.41, 5.74) is 0.198. The lowest BCUT2D eigenvalue weighted by Gasteiger charge is -2.34. The average molecular weight is 281 g/mol. The molecule has 0 aliphatic carbocycles. The molecule has 0 spiro atoms. The van der Waals surface area contributed by atoms with E-state index in [2.05, 4.69) is 17.6 Å². The Bertz CT molecular complexity index is 351. The van der Waals surface area contributed by atoms with Crippen molar-refractivity contribution in [3.05, 3.63) is 0 Å². The number of nitrogens with one attached hydrogen (secondary N) is 2. The number of hydrogen-bond donors (Lipinski definition) is 2. The van der Waals surface area contributed by atoms with Crippen molar-refractivity contribution in [1.82, 2.24) is 15.5 Å². The summed E-state index contributed by atoms with van der Waals surface area (Å²) in [5.74, 6) is 0.116. The first kappa shape index (κ1) is 15.3. The molecule has 2 saturated heterocycles. The lowest BCUT2D eigenvalue weighted by molar-refractivity contribution is -0.135. The van der Waals surface area contributed by atoms with Crippen LogP contribution in [0, 0.1) is 5.41 Å². The van der Waals surface area contributed by atoms with E-state index in [1.165, 1.54) is 0 Å². The van der Waals surface area contributed by atoms with E-state index in [4.69, 9.17) is 0 Å². The second-order valence-electron chi connectivity index (χ2n) is 6.46. The molecule has 2 amide bonds. The van der Waals surface area contributed by atoms with Crippen molar-refractivity contribution in [2.45, 2.75) is 45.4 Å². The first-order valence-corrected chi connectivity index (χ1v) is 7.84. The van der Waals surface area contributed by atoms with Gasteiger partial charge in [0.1, 0.15) is 0 Å². The summed E-state index contributed by atoms with van der Waals surface area (Å²) in [7, 11) is 0. The molecular formula is C15H27N3O2. The van der Waals surface area contributed by atoms with E-state index in [0.29, 0.717) is 6.42 Å². The number of nitrogens with zero attached hydrogens (tertiary/aromatic N) is 1. The van der Waals surface area contributed by atoms with Crippen LogP contribution in [0.2, 0.25) is 0 Å². The quantitative estimate of drug-likeness (QED) is 0.804. The fourth-order valence-corrected chi connectivity index (χ4v) is 2.95. The topological polar surface area (TPSA) is 61.4 Å². The van der Waals surface area contributed by atoms with Gasteiger partial charge in [0.05, 0.1) is 6.54 Å². The molecule has 2 aliphatic rings. The lowest BCUT2D eigenvalue weighted by Crippen LogP contribution is -2.46. The summed E-state index contributed by atoms with van der Waals surface area (Å²) in [6.45, 7) is 5.95. The van der Waals surface area contributed by atoms with Crippen molar-refractivity contribution in [3.8, 4) is 0 Å². The van der Waals surface area contributed by atoms with Gasteiger partial charge < -0.3 is 15.5 Å². The van der Waals surface area contributed by atoms with Gasteiger partial charge in [-0.3, -0.25) is 9.59 Å². The van der Waals surface area contributed by atoms with E-state index in [1.54, 1.807) is 4.90 Å². The second-order valence-corrected chi connectivity index (χ2v) is 6.46. The van der Waals surface area contributed by atoms with Crippen LogP contribution >= 0.6 is 0 Å². The van der Waals surface area contributed by atoms with Crippen LogP contribution in [-0.4, -0.2) is 49.4 Å². The molecule has 114 valence electrons. The van der Waals surface area contributed by atoms with E-state index in [0.717, 1.165) is 58.3 Å². The molecule has 0 aromatic heterocycles. The van der Waals surface area contributed by atoms with Gasteiger partial charge in [-0.1, -0.05) is 13.3 Å². The minimum Gasteiger partial charge on any atom is -0.354 e. The van der Waals surface area contributed by atoms with Crippen LogP contribution in [0.25, 0.3) is 0 Å². The Hall–Kier alpha value is -1.10. The van der Waals surface area contributed by atoms with Gasteiger partial charge in [0.2, 0.25) is 11.8 Å². The molecule has 0 bridgehead atoms. The van der Waals surface area contributed by atoms with E-state index >= 15 is 0 Å². The van der Waals surface area contributed by atoms with Gasteiger partial charge in [0.15, 0.2) is 0 Å². The number of piperidine rings is 1. The molecule has 2 aliphatic heterocycles. The van der Waals surface area contributed by atoms with Crippen molar-refractivity contribution in [2.75, 3.05) is 32.7 Å². The van der Waals surface area contributed by atoms with Crippen LogP contribution in [0.15, 0.2) is 0 Å². The van der Waals surface area contributed by atoms with Crippen LogP contribution in [-0.2, 0) is 9.59 Å². The molecule has 5 heteroatoms. The maximum atomic E-state index is 12.0. The molecular weight excluding hydrogens is 254 g/mol. The minimum atomic E-state index is -0.0139. The van der Waals surface area contributed by atoms with E-state index in [9.17, 15) is 9.59 Å². The summed E-state index contributed by atoms with van der Waals surface area (Å²) < 4.78 is 0. The number of carbonyl (C=O) groups excluding carboxylic acids is 2. The van der Waals surface area contributed by atoms with Crippen LogP contribution in [0.1, 0.15) is 45.4 Å². The zero-order valence-corrected chi connectivity index (χ0v) is 12.5. The van der Waals surface area contributed by atoms with E-state index in [-0.39, 0.29) is 23.8 Å². The summed E-state index contributed by atoms with van der Waals surface area (Å²) in [4.78, 5) is 25.6. The Balaban J connectivity index is 1.75. The van der Waals surface area contributed by atoms with Gasteiger partial charge in [-0.25, -0.2) is 0 Å². The van der Waals surface area contributed by atoms with Gasteiger partial charge in [-0.05, 0) is 44.2 Å². The monoisotopic (exact) mass is 281 g/mol. The largest absolute Gasteiger partial charge is 0.354 e. The fourth-order valence-electron chi connectivity index (χ4n) is 2.95. The maximum absolute atomic E-state index is 12.0. The number of likely N-dealkylation sites (tertiary alicyclic amines) is 1. The van der Waals surface area contributed by atoms with Crippen molar-refractivity contribution >= 4 is 11.8 Å². The van der Waals surface area contributed by atoms with Crippen molar-refractivity contribution in [2.24, 2.45) is 5.41 Å². The molecule has 0 aromatic rings. The van der Waals surface area contributed by atoms with E-state index in [1.807, 2.05) is 0 Å². The zero-order valence-electron chi connectivity index (χ0n) is 12.5. The van der Waals surface area contributed by atoms with Crippen LogP contribution in [0.5, 0.6) is 0 Å². The highest BCUT2D eigenvalue weighted by molar-refractivity contribution is 5.84. The molecule has 2 heterocycles. The third kappa shape index (κ3) is 4.47. The third-order valence-electron chi connectivity index (χ3n) is 4.53. The SMILES string of the molecule is CC1(CNC(=O)CN2CCCCCC2=O)CCNCC1. The van der Waals surface area contributed by atoms with Crippen molar-refractivity contribution < 1.29 is 9.59 Å². The molecule has 0 aromatic carbocycles. The average Bonchev–Trinajstić information content (AvgIpc) is 2.63. The fraction of sp³-hybridized carbons (Fsp3) is 0.867. The second kappa shape index (κ2) is 7.07. The lowest BCUT2D eigenvalue weighted by atomic mass is 9.81. The van der Waals surface area contributed by atoms with E-state index < -0.39 is 0 Å². The van der Waals surface area contributed by atoms with Gasteiger partial charge in [0.25, 0.3) is 0 Å². The number of amides is 2. The predicted molar refractivity (Wildman–Crippen MR) is 78.3 cm³/mol. The normalized spacial score (nSPS) is 23.2. The van der Waals surface area contributed by atoms with Gasteiger partial charge >= 0.3 is 0 Å². The summed E-state index contributed by atoms with van der Waals surface area (Å²) in [6.07, 6.45) is 5.85. The zero-order chi connectivity index (χ0) is 14.4. The number of carbonyl (C=O) groups is 2. The molecule has 20 heavy (non-hydrogen) atoms. The Kier molecular flexibility index (Phi) is 5.40. The molecule has 2 fully saturated rings. The van der Waals surface area contributed by atoms with Crippen LogP contribution in [0.3, 0.4) is 0 Å². The predicted octanol–water partition coefficient (Wildman–Crippen LogP) is 0.895. The highest BCUT2D eigenvalue weighted by atomic mass is 16.2. The van der Waals surface area contributed by atoms with Gasteiger partial charge in [-0.15, -0.1) is 0 Å². The standard InChI is InChI=1S/C15H27N3O2/c1-15(6-8-16-9-7-15)12-17-13(19)11-18-10-4-2-3-5-14(18)20/h16H,2-12H2,1H3,(H,17,19). The highest BCUT2D eigenvalue weighted by Crippen LogP contribution is 2.26. The number of hydrogen-bond acceptors (Lipinski definition) is 3. The Morgan fingerprint density at radius 2 is 2.05 bits per heavy atom. The summed E-state index contributed by atoms with van der Waals surface area (Å²) in [5, 5.41) is 6.36. The highest BCUT2D eigenvalue weighted by Gasteiger charge is 2.27. The summed E-state index contributed by atoms with van der Waals surface area (Å²) >= 11 is 0. The Morgan fingerprint density at radius 1 is 1.30 bits per heavy atom. The molecule has 0 saturated carbocycles. The van der Waals surface area contributed by atoms with Crippen LogP contribution < -0.4 is 10.6 Å². The van der Waals surface area contributed by atoms with Crippen molar-refractivity contribution in [1.29, 1.82) is 0 Å². The smallest absolute Gasteiger partial charge is 0.239 e. The molecule has 5 nitrogen and oxygen atoms in total. The molecule has 0 atom stereocenters. The van der Waals surface area contributed by atoms with Gasteiger partial charge in [-0.2, -0.15) is 0 Å². The first-order chi connectivity index (χ1) is 9.59. The maximum Gasteiger partial charge on any atom is 0.239 e. The molecule has 0 radical (unpaired) electrons. The Morgan fingerprint density at radius 3 is 2.80 bits per heavy atom. The van der Waals surface area contributed by atoms with Crippen molar-refractivity contribution in [3.63, 3.8) is 0 Å². The summed E-state index contributed by atoms with van der Waals surface area (Å²) in [6, 6.07) is 0. The van der Waals surface area contributed by atoms with Gasteiger partial charge in [0, 0.05) is 19.5 Å². The minimum absolute atomic E-state index is 0.0139. The number of rotatable bonds is 4. The molecule has 2 rings (SSSR count). The molecule has 0 unspecified atom stereocenters. The van der Waals surface area contributed by atoms with Crippen LogP contribution in [0.4, 0.5) is 0 Å². The first-order valence-electron chi connectivity index (χ1n) is 7.84.